The lowest BCUT2D eigenvalue weighted by molar-refractivity contribution is 0.348. The Kier molecular flexibility index (Phi) is 9.52. The molecule has 0 aliphatic carbocycles. The third kappa shape index (κ3) is 6.71. The fraction of sp³-hybridized carbons (Fsp3) is 0.304. The third-order valence-corrected chi connectivity index (χ3v) is 6.54. The molecule has 0 spiro atoms. The van der Waals surface area contributed by atoms with Crippen LogP contribution in [0.15, 0.2) is 66.5 Å². The molecule has 0 unspecified atom stereocenters. The summed E-state index contributed by atoms with van der Waals surface area (Å²) in [5, 5.41) is 0. The molecule has 0 aliphatic heterocycles. The van der Waals surface area contributed by atoms with E-state index in [0.717, 1.165) is 47.0 Å². The zero-order valence-corrected chi connectivity index (χ0v) is 23.1. The van der Waals surface area contributed by atoms with Gasteiger partial charge in [0.1, 0.15) is 24.7 Å². The number of rotatable bonds is 9. The standard InChI is InChI=1S/C23H24Br4O2/c1-6-17(15-7-18(24)22(19(25)8-15)28-11-13(2)3)16-9-20(26)23(21(27)10-16)29-12-14(4)5/h7-10,17H,2,4,6,11-12H2,1,3,5H3. The lowest BCUT2D eigenvalue weighted by Crippen LogP contribution is -2.04. The molecule has 0 atom stereocenters. The fourth-order valence-corrected chi connectivity index (χ4v) is 5.79. The van der Waals surface area contributed by atoms with Gasteiger partial charge in [-0.25, -0.2) is 0 Å². The fourth-order valence-electron chi connectivity index (χ4n) is 2.89. The Balaban J connectivity index is 2.38. The van der Waals surface area contributed by atoms with Crippen molar-refractivity contribution in [3.8, 4) is 11.5 Å². The first-order valence-electron chi connectivity index (χ1n) is 9.16. The van der Waals surface area contributed by atoms with E-state index >= 15 is 0 Å². The molecule has 156 valence electrons. The smallest absolute Gasteiger partial charge is 0.148 e. The minimum atomic E-state index is 0.223. The third-order valence-electron chi connectivity index (χ3n) is 4.18. The molecular weight excluding hydrogens is 628 g/mol. The van der Waals surface area contributed by atoms with Gasteiger partial charge in [0.25, 0.3) is 0 Å². The zero-order chi connectivity index (χ0) is 21.7. The van der Waals surface area contributed by atoms with E-state index in [1.165, 1.54) is 11.1 Å². The number of benzene rings is 2. The van der Waals surface area contributed by atoms with Crippen molar-refractivity contribution >= 4 is 63.7 Å². The van der Waals surface area contributed by atoms with Gasteiger partial charge in [-0.3, -0.25) is 0 Å². The maximum Gasteiger partial charge on any atom is 0.148 e. The lowest BCUT2D eigenvalue weighted by Gasteiger charge is -2.21. The summed E-state index contributed by atoms with van der Waals surface area (Å²) in [7, 11) is 0. The highest BCUT2D eigenvalue weighted by molar-refractivity contribution is 9.11. The molecule has 0 aliphatic rings. The van der Waals surface area contributed by atoms with E-state index in [4.69, 9.17) is 9.47 Å². The number of ether oxygens (including phenoxy) is 2. The second-order valence-corrected chi connectivity index (χ2v) is 10.5. The van der Waals surface area contributed by atoms with Crippen LogP contribution < -0.4 is 9.47 Å². The lowest BCUT2D eigenvalue weighted by atomic mass is 9.89. The van der Waals surface area contributed by atoms with Crippen molar-refractivity contribution in [1.29, 1.82) is 0 Å². The van der Waals surface area contributed by atoms with Crippen molar-refractivity contribution in [2.24, 2.45) is 0 Å². The van der Waals surface area contributed by atoms with Gasteiger partial charge in [0.05, 0.1) is 17.9 Å². The Morgan fingerprint density at radius 2 is 1.07 bits per heavy atom. The molecule has 0 amide bonds. The molecule has 0 saturated heterocycles. The molecule has 2 rings (SSSR count). The summed E-state index contributed by atoms with van der Waals surface area (Å²) in [6.45, 7) is 14.8. The highest BCUT2D eigenvalue weighted by atomic mass is 79.9. The van der Waals surface area contributed by atoms with E-state index < -0.39 is 0 Å². The van der Waals surface area contributed by atoms with Crippen molar-refractivity contribution in [3.05, 3.63) is 77.6 Å². The van der Waals surface area contributed by atoms with Crippen LogP contribution in [-0.2, 0) is 0 Å². The summed E-state index contributed by atoms with van der Waals surface area (Å²) >= 11 is 14.6. The van der Waals surface area contributed by atoms with Gasteiger partial charge in [0, 0.05) is 5.92 Å². The minimum Gasteiger partial charge on any atom is -0.487 e. The number of hydrogen-bond donors (Lipinski definition) is 0. The van der Waals surface area contributed by atoms with Crippen LogP contribution in [0.2, 0.25) is 0 Å². The SMILES string of the molecule is C=C(C)COc1c(Br)cc(C(CC)c2cc(Br)c(OCC(=C)C)c(Br)c2)cc1Br. The molecule has 0 heterocycles. The molecule has 0 fully saturated rings. The molecule has 29 heavy (non-hydrogen) atoms. The Morgan fingerprint density at radius 3 is 1.31 bits per heavy atom. The Bertz CT molecular complexity index is 802. The van der Waals surface area contributed by atoms with E-state index in [-0.39, 0.29) is 5.92 Å². The van der Waals surface area contributed by atoms with E-state index in [9.17, 15) is 0 Å². The molecule has 2 nitrogen and oxygen atoms in total. The van der Waals surface area contributed by atoms with E-state index in [1.807, 2.05) is 13.8 Å². The highest BCUT2D eigenvalue weighted by Gasteiger charge is 2.19. The van der Waals surface area contributed by atoms with Crippen molar-refractivity contribution < 1.29 is 9.47 Å². The molecule has 2 aromatic rings. The molecule has 0 saturated carbocycles. The van der Waals surface area contributed by atoms with E-state index in [0.29, 0.717) is 13.2 Å². The van der Waals surface area contributed by atoms with Crippen molar-refractivity contribution in [2.75, 3.05) is 13.2 Å². The monoisotopic (exact) mass is 648 g/mol. The average molecular weight is 652 g/mol. The van der Waals surface area contributed by atoms with Crippen molar-refractivity contribution in [3.63, 3.8) is 0 Å². The summed E-state index contributed by atoms with van der Waals surface area (Å²) in [5.74, 6) is 1.80. The largest absolute Gasteiger partial charge is 0.487 e. The Labute approximate surface area is 207 Å². The first kappa shape index (κ1) is 24.7. The minimum absolute atomic E-state index is 0.223. The Hall–Kier alpha value is -0.560. The second kappa shape index (κ2) is 11.2. The first-order valence-corrected chi connectivity index (χ1v) is 12.3. The van der Waals surface area contributed by atoms with Gasteiger partial charge in [-0.1, -0.05) is 20.1 Å². The summed E-state index contributed by atoms with van der Waals surface area (Å²) in [4.78, 5) is 0. The maximum atomic E-state index is 5.87. The zero-order valence-electron chi connectivity index (χ0n) is 16.8. The quantitative estimate of drug-likeness (QED) is 0.252. The van der Waals surface area contributed by atoms with Gasteiger partial charge in [-0.15, -0.1) is 0 Å². The van der Waals surface area contributed by atoms with Gasteiger partial charge < -0.3 is 9.47 Å². The summed E-state index contributed by atoms with van der Waals surface area (Å²) in [5.41, 5.74) is 4.34. The average Bonchev–Trinajstić information content (AvgIpc) is 2.60. The van der Waals surface area contributed by atoms with Crippen LogP contribution in [0, 0.1) is 0 Å². The normalized spacial score (nSPS) is 10.9. The van der Waals surface area contributed by atoms with Crippen LogP contribution in [0.25, 0.3) is 0 Å². The highest BCUT2D eigenvalue weighted by Crippen LogP contribution is 2.42. The molecule has 0 N–H and O–H groups in total. The van der Waals surface area contributed by atoms with Gasteiger partial charge in [-0.05, 0) is 131 Å². The summed E-state index contributed by atoms with van der Waals surface area (Å²) in [6, 6.07) is 8.50. The summed E-state index contributed by atoms with van der Waals surface area (Å²) in [6.07, 6.45) is 0.954. The van der Waals surface area contributed by atoms with E-state index in [2.05, 4.69) is 108 Å². The molecular formula is C23H24Br4O2. The predicted molar refractivity (Wildman–Crippen MR) is 136 cm³/mol. The van der Waals surface area contributed by atoms with E-state index in [1.54, 1.807) is 0 Å². The van der Waals surface area contributed by atoms with Crippen molar-refractivity contribution in [1.82, 2.24) is 0 Å². The Morgan fingerprint density at radius 1 is 0.759 bits per heavy atom. The molecule has 0 bridgehead atoms. The molecule has 6 heteroatoms. The van der Waals surface area contributed by atoms with Gasteiger partial charge in [-0.2, -0.15) is 0 Å². The molecule has 0 radical (unpaired) electrons. The maximum absolute atomic E-state index is 5.87. The predicted octanol–water partition coefficient (Wildman–Crippen LogP) is 9.19. The van der Waals surface area contributed by atoms with Crippen molar-refractivity contribution in [2.45, 2.75) is 33.1 Å². The van der Waals surface area contributed by atoms with Gasteiger partial charge in [0.2, 0.25) is 0 Å². The molecule has 2 aromatic carbocycles. The van der Waals surface area contributed by atoms with Crippen LogP contribution in [0.4, 0.5) is 0 Å². The topological polar surface area (TPSA) is 18.5 Å². The van der Waals surface area contributed by atoms with Crippen LogP contribution in [-0.4, -0.2) is 13.2 Å². The van der Waals surface area contributed by atoms with Gasteiger partial charge >= 0.3 is 0 Å². The second-order valence-electron chi connectivity index (χ2n) is 7.08. The van der Waals surface area contributed by atoms with Gasteiger partial charge in [0.15, 0.2) is 0 Å². The van der Waals surface area contributed by atoms with Crippen LogP contribution >= 0.6 is 63.7 Å². The van der Waals surface area contributed by atoms with Crippen LogP contribution in [0.3, 0.4) is 0 Å². The van der Waals surface area contributed by atoms with Crippen LogP contribution in [0.1, 0.15) is 44.2 Å². The number of hydrogen-bond acceptors (Lipinski definition) is 2. The number of halogens is 4. The first-order chi connectivity index (χ1) is 13.6. The van der Waals surface area contributed by atoms with Crippen LogP contribution in [0.5, 0.6) is 11.5 Å². The molecule has 0 aromatic heterocycles. The summed E-state index contributed by atoms with van der Waals surface area (Å²) < 4.78 is 15.4.